The molecule has 0 unspecified atom stereocenters. The van der Waals surface area contributed by atoms with Gasteiger partial charge in [0.1, 0.15) is 5.82 Å². The lowest BCUT2D eigenvalue weighted by Crippen LogP contribution is -2.45. The summed E-state index contributed by atoms with van der Waals surface area (Å²) in [6.45, 7) is 5.31. The van der Waals surface area contributed by atoms with Crippen LogP contribution in [0.3, 0.4) is 0 Å². The van der Waals surface area contributed by atoms with E-state index in [1.54, 1.807) is 24.4 Å². The number of carboxylic acid groups (broad SMARTS) is 1. The Kier molecular flexibility index (Phi) is 5.86. The summed E-state index contributed by atoms with van der Waals surface area (Å²) in [6, 6.07) is 7.06. The summed E-state index contributed by atoms with van der Waals surface area (Å²) >= 11 is 1.40. The Morgan fingerprint density at radius 1 is 1.36 bits per heavy atom. The van der Waals surface area contributed by atoms with E-state index in [0.29, 0.717) is 27.9 Å². The summed E-state index contributed by atoms with van der Waals surface area (Å²) in [5.41, 5.74) is 1.21. The molecule has 0 aliphatic rings. The molecule has 0 saturated heterocycles. The number of rotatable bonds is 5. The molecule has 0 bridgehead atoms. The zero-order chi connectivity index (χ0) is 18.6. The highest BCUT2D eigenvalue weighted by Crippen LogP contribution is 2.28. The van der Waals surface area contributed by atoms with Crippen LogP contribution in [0.2, 0.25) is 0 Å². The molecule has 8 heteroatoms. The molecule has 7 nitrogen and oxygen atoms in total. The third-order valence-corrected chi connectivity index (χ3v) is 3.99. The fourth-order valence-corrected chi connectivity index (χ4v) is 2.70. The van der Waals surface area contributed by atoms with Gasteiger partial charge in [-0.3, -0.25) is 4.90 Å². The van der Waals surface area contributed by atoms with E-state index in [2.05, 4.69) is 15.3 Å². The minimum Gasteiger partial charge on any atom is -0.465 e. The van der Waals surface area contributed by atoms with Crippen molar-refractivity contribution in [1.29, 1.82) is 0 Å². The number of aliphatic hydroxyl groups excluding tert-OH is 1. The van der Waals surface area contributed by atoms with Crippen LogP contribution in [0.5, 0.6) is 0 Å². The molecule has 2 aromatic rings. The fraction of sp³-hybridized carbons (Fsp3) is 0.353. The molecule has 0 radical (unpaired) electrons. The van der Waals surface area contributed by atoms with Gasteiger partial charge in [-0.25, -0.2) is 14.8 Å². The average Bonchev–Trinajstić information content (AvgIpc) is 2.53. The van der Waals surface area contributed by atoms with Gasteiger partial charge >= 0.3 is 6.09 Å². The van der Waals surface area contributed by atoms with Gasteiger partial charge in [-0.1, -0.05) is 17.8 Å². The molecule has 25 heavy (non-hydrogen) atoms. The van der Waals surface area contributed by atoms with Gasteiger partial charge in [-0.05, 0) is 45.2 Å². The van der Waals surface area contributed by atoms with E-state index in [0.717, 1.165) is 0 Å². The molecule has 2 rings (SSSR count). The number of nitrogens with zero attached hydrogens (tertiary/aromatic N) is 3. The second-order valence-electron chi connectivity index (χ2n) is 6.35. The highest BCUT2D eigenvalue weighted by Gasteiger charge is 2.27. The summed E-state index contributed by atoms with van der Waals surface area (Å²) in [4.78, 5) is 21.5. The number of amides is 1. The van der Waals surface area contributed by atoms with Gasteiger partial charge in [0, 0.05) is 28.7 Å². The SMILES string of the molecule is CSc1ncc(CO)c(Nc2cccc(N(C(=O)O)C(C)(C)C)c2)n1. The number of aliphatic hydroxyl groups is 1. The van der Waals surface area contributed by atoms with Gasteiger partial charge in [0.15, 0.2) is 5.16 Å². The standard InChI is InChI=1S/C17H22N4O3S/c1-17(2,3)21(16(23)24)13-7-5-6-12(8-13)19-14-11(10-22)9-18-15(20-14)25-4/h5-9,22H,10H2,1-4H3,(H,23,24)(H,18,19,20). The normalized spacial score (nSPS) is 11.2. The number of carbonyl (C=O) groups is 1. The fourth-order valence-electron chi connectivity index (χ4n) is 2.36. The predicted molar refractivity (Wildman–Crippen MR) is 99.7 cm³/mol. The van der Waals surface area contributed by atoms with Crippen molar-refractivity contribution in [2.24, 2.45) is 0 Å². The van der Waals surface area contributed by atoms with E-state index < -0.39 is 11.6 Å². The third-order valence-electron chi connectivity index (χ3n) is 3.42. The van der Waals surface area contributed by atoms with Gasteiger partial charge in [0.05, 0.1) is 6.61 Å². The zero-order valence-corrected chi connectivity index (χ0v) is 15.5. The Bertz CT molecular complexity index is 762. The molecule has 1 aromatic heterocycles. The van der Waals surface area contributed by atoms with Crippen molar-refractivity contribution in [2.45, 2.75) is 38.1 Å². The summed E-state index contributed by atoms with van der Waals surface area (Å²) in [5, 5.41) is 22.7. The minimum atomic E-state index is -1.02. The molecule has 134 valence electrons. The van der Waals surface area contributed by atoms with Crippen molar-refractivity contribution < 1.29 is 15.0 Å². The van der Waals surface area contributed by atoms with Crippen molar-refractivity contribution in [3.63, 3.8) is 0 Å². The minimum absolute atomic E-state index is 0.195. The van der Waals surface area contributed by atoms with Crippen LogP contribution < -0.4 is 10.2 Å². The molecule has 1 aromatic carbocycles. The first kappa shape index (κ1) is 19.0. The van der Waals surface area contributed by atoms with Crippen molar-refractivity contribution in [3.05, 3.63) is 36.0 Å². The molecule has 3 N–H and O–H groups in total. The first-order valence-corrected chi connectivity index (χ1v) is 8.89. The monoisotopic (exact) mass is 362 g/mol. The van der Waals surface area contributed by atoms with Crippen molar-refractivity contribution in [3.8, 4) is 0 Å². The molecule has 0 aliphatic carbocycles. The lowest BCUT2D eigenvalue weighted by Gasteiger charge is -2.33. The molecule has 0 spiro atoms. The lowest BCUT2D eigenvalue weighted by atomic mass is 10.1. The first-order valence-electron chi connectivity index (χ1n) is 7.67. The van der Waals surface area contributed by atoms with Crippen molar-refractivity contribution in [2.75, 3.05) is 16.5 Å². The summed E-state index contributed by atoms with van der Waals surface area (Å²) in [7, 11) is 0. The van der Waals surface area contributed by atoms with Gasteiger partial charge in [0.25, 0.3) is 0 Å². The number of thioether (sulfide) groups is 1. The van der Waals surface area contributed by atoms with Crippen LogP contribution in [0.4, 0.5) is 22.0 Å². The summed E-state index contributed by atoms with van der Waals surface area (Å²) in [5.74, 6) is 0.497. The first-order chi connectivity index (χ1) is 11.8. The van der Waals surface area contributed by atoms with E-state index >= 15 is 0 Å². The molecule has 0 saturated carbocycles. The maximum atomic E-state index is 11.6. The molecule has 1 heterocycles. The number of nitrogens with one attached hydrogen (secondary N) is 1. The van der Waals surface area contributed by atoms with E-state index in [9.17, 15) is 15.0 Å². The van der Waals surface area contributed by atoms with Crippen molar-refractivity contribution >= 4 is 35.0 Å². The Morgan fingerprint density at radius 2 is 2.08 bits per heavy atom. The number of aromatic nitrogens is 2. The Balaban J connectivity index is 2.38. The Hall–Kier alpha value is -2.32. The third kappa shape index (κ3) is 4.61. The van der Waals surface area contributed by atoms with Crippen molar-refractivity contribution in [1.82, 2.24) is 9.97 Å². The molecule has 1 amide bonds. The number of anilines is 3. The summed E-state index contributed by atoms with van der Waals surface area (Å²) < 4.78 is 0. The Morgan fingerprint density at radius 3 is 2.64 bits per heavy atom. The lowest BCUT2D eigenvalue weighted by molar-refractivity contribution is 0.195. The van der Waals surface area contributed by atoms with Gasteiger partial charge in [-0.2, -0.15) is 0 Å². The van der Waals surface area contributed by atoms with Crippen LogP contribution in [0.15, 0.2) is 35.6 Å². The topological polar surface area (TPSA) is 98.6 Å². The zero-order valence-electron chi connectivity index (χ0n) is 14.6. The van der Waals surface area contributed by atoms with Crippen LogP contribution in [0, 0.1) is 0 Å². The highest BCUT2D eigenvalue weighted by atomic mass is 32.2. The van der Waals surface area contributed by atoms with E-state index in [4.69, 9.17) is 0 Å². The number of benzene rings is 1. The largest absolute Gasteiger partial charge is 0.465 e. The molecule has 0 aliphatic heterocycles. The average molecular weight is 362 g/mol. The van der Waals surface area contributed by atoms with Crippen LogP contribution in [0.25, 0.3) is 0 Å². The number of hydrogen-bond donors (Lipinski definition) is 3. The quantitative estimate of drug-likeness (QED) is 0.551. The molecule has 0 fully saturated rings. The van der Waals surface area contributed by atoms with Crippen LogP contribution in [-0.2, 0) is 6.61 Å². The maximum Gasteiger partial charge on any atom is 0.412 e. The molecule has 0 atom stereocenters. The second kappa shape index (κ2) is 7.71. The van der Waals surface area contributed by atoms with Crippen LogP contribution >= 0.6 is 11.8 Å². The van der Waals surface area contributed by atoms with Crippen LogP contribution in [-0.4, -0.2) is 38.1 Å². The van der Waals surface area contributed by atoms with E-state index in [1.807, 2.05) is 33.1 Å². The maximum absolute atomic E-state index is 11.6. The Labute approximate surface area is 151 Å². The smallest absolute Gasteiger partial charge is 0.412 e. The van der Waals surface area contributed by atoms with Gasteiger partial charge < -0.3 is 15.5 Å². The van der Waals surface area contributed by atoms with E-state index in [1.165, 1.54) is 16.7 Å². The van der Waals surface area contributed by atoms with Gasteiger partial charge in [0.2, 0.25) is 0 Å². The summed E-state index contributed by atoms with van der Waals surface area (Å²) in [6.07, 6.45) is 2.42. The van der Waals surface area contributed by atoms with Crippen LogP contribution in [0.1, 0.15) is 26.3 Å². The van der Waals surface area contributed by atoms with E-state index in [-0.39, 0.29) is 6.61 Å². The highest BCUT2D eigenvalue weighted by molar-refractivity contribution is 7.98. The molecular formula is C17H22N4O3S. The predicted octanol–water partition coefficient (Wildman–Crippen LogP) is 3.72. The molecular weight excluding hydrogens is 340 g/mol. The second-order valence-corrected chi connectivity index (χ2v) is 7.13. The number of hydrogen-bond acceptors (Lipinski definition) is 6. The van der Waals surface area contributed by atoms with Gasteiger partial charge in [-0.15, -0.1) is 0 Å².